The Morgan fingerprint density at radius 2 is 2.29 bits per heavy atom. The van der Waals surface area contributed by atoms with Crippen LogP contribution < -0.4 is 9.80 Å². The number of anilines is 2. The number of hydrogen-bond acceptors (Lipinski definition) is 6. The second-order valence-corrected chi connectivity index (χ2v) is 6.25. The third-order valence-corrected chi connectivity index (χ3v) is 4.57. The minimum atomic E-state index is -0.442. The van der Waals surface area contributed by atoms with E-state index in [-0.39, 0.29) is 5.69 Å². The number of benzene rings is 1. The zero-order valence-corrected chi connectivity index (χ0v) is 14.1. The second-order valence-electron chi connectivity index (χ2n) is 5.84. The van der Waals surface area contributed by atoms with Gasteiger partial charge in [0, 0.05) is 44.5 Å². The largest absolute Gasteiger partial charge is 0.371 e. The van der Waals surface area contributed by atoms with Crippen molar-refractivity contribution in [3.8, 4) is 0 Å². The maximum atomic E-state index is 10.8. The monoisotopic (exact) mass is 347 g/mol. The number of rotatable bonds is 5. The van der Waals surface area contributed by atoms with Crippen molar-refractivity contribution in [1.82, 2.24) is 10.2 Å². The maximum Gasteiger partial charge on any atom is 0.271 e. The van der Waals surface area contributed by atoms with Crippen molar-refractivity contribution in [3.05, 3.63) is 51.7 Å². The molecule has 1 aromatic carbocycles. The van der Waals surface area contributed by atoms with E-state index >= 15 is 0 Å². The smallest absolute Gasteiger partial charge is 0.271 e. The van der Waals surface area contributed by atoms with Crippen LogP contribution in [0.15, 0.2) is 36.5 Å². The van der Waals surface area contributed by atoms with Gasteiger partial charge in [-0.25, -0.2) is 0 Å². The molecule has 0 N–H and O–H groups in total. The average Bonchev–Trinajstić information content (AvgIpc) is 3.03. The van der Waals surface area contributed by atoms with Gasteiger partial charge in [0.1, 0.15) is 0 Å². The summed E-state index contributed by atoms with van der Waals surface area (Å²) >= 11 is 6.23. The molecule has 8 heteroatoms. The Morgan fingerprint density at radius 1 is 1.46 bits per heavy atom. The lowest BCUT2D eigenvalue weighted by atomic mass is 10.2. The van der Waals surface area contributed by atoms with Gasteiger partial charge in [-0.3, -0.25) is 10.1 Å². The lowest BCUT2D eigenvalue weighted by molar-refractivity contribution is -0.384. The van der Waals surface area contributed by atoms with Crippen LogP contribution in [0.3, 0.4) is 0 Å². The third-order valence-electron chi connectivity index (χ3n) is 4.27. The molecule has 2 heterocycles. The van der Waals surface area contributed by atoms with Gasteiger partial charge < -0.3 is 9.80 Å². The van der Waals surface area contributed by atoms with Gasteiger partial charge in [0.15, 0.2) is 5.82 Å². The van der Waals surface area contributed by atoms with Gasteiger partial charge in [-0.1, -0.05) is 11.6 Å². The lowest BCUT2D eigenvalue weighted by Crippen LogP contribution is -2.39. The minimum Gasteiger partial charge on any atom is -0.371 e. The molecule has 1 atom stereocenters. The third kappa shape index (κ3) is 3.41. The predicted octanol–water partition coefficient (Wildman–Crippen LogP) is 3.14. The van der Waals surface area contributed by atoms with Crippen molar-refractivity contribution in [3.63, 3.8) is 0 Å². The first-order chi connectivity index (χ1) is 11.6. The topological polar surface area (TPSA) is 75.4 Å². The van der Waals surface area contributed by atoms with Crippen LogP contribution in [-0.4, -0.2) is 41.3 Å². The molecule has 0 bridgehead atoms. The molecular weight excluding hydrogens is 330 g/mol. The van der Waals surface area contributed by atoms with E-state index in [2.05, 4.69) is 15.1 Å². The molecule has 1 saturated heterocycles. The maximum absolute atomic E-state index is 10.8. The lowest BCUT2D eigenvalue weighted by Gasteiger charge is -2.30. The van der Waals surface area contributed by atoms with Crippen molar-refractivity contribution >= 4 is 28.8 Å². The van der Waals surface area contributed by atoms with E-state index in [1.807, 2.05) is 24.1 Å². The predicted molar refractivity (Wildman–Crippen MR) is 93.8 cm³/mol. The van der Waals surface area contributed by atoms with E-state index in [1.165, 1.54) is 12.1 Å². The van der Waals surface area contributed by atoms with Crippen molar-refractivity contribution in [2.24, 2.45) is 0 Å². The van der Waals surface area contributed by atoms with Crippen LogP contribution in [0, 0.1) is 10.1 Å². The summed E-state index contributed by atoms with van der Waals surface area (Å²) in [5.41, 5.74) is 0.785. The Morgan fingerprint density at radius 3 is 2.96 bits per heavy atom. The van der Waals surface area contributed by atoms with E-state index in [0.717, 1.165) is 37.4 Å². The summed E-state index contributed by atoms with van der Waals surface area (Å²) in [7, 11) is 1.94. The van der Waals surface area contributed by atoms with Gasteiger partial charge >= 0.3 is 0 Å². The highest BCUT2D eigenvalue weighted by atomic mass is 35.5. The van der Waals surface area contributed by atoms with Crippen molar-refractivity contribution < 1.29 is 4.92 Å². The molecule has 126 valence electrons. The van der Waals surface area contributed by atoms with Crippen LogP contribution in [0.1, 0.15) is 12.8 Å². The number of halogens is 1. The number of likely N-dealkylation sites (N-methyl/N-ethyl adjacent to an activating group) is 1. The molecule has 1 aromatic heterocycles. The molecule has 3 rings (SSSR count). The normalized spacial score (nSPS) is 17.1. The van der Waals surface area contributed by atoms with Gasteiger partial charge in [0.05, 0.1) is 15.6 Å². The first-order valence-corrected chi connectivity index (χ1v) is 8.13. The molecule has 1 aliphatic heterocycles. The Bertz CT molecular complexity index is 728. The molecular formula is C16H18ClN5O2. The SMILES string of the molecule is CN(CC1CCCN1c1cccnn1)c1ccc([N+](=O)[O-])cc1Cl. The van der Waals surface area contributed by atoms with Crippen LogP contribution in [0.25, 0.3) is 0 Å². The number of hydrogen-bond donors (Lipinski definition) is 0. The quantitative estimate of drug-likeness (QED) is 0.611. The number of aromatic nitrogens is 2. The van der Waals surface area contributed by atoms with Gasteiger partial charge in [0.25, 0.3) is 5.69 Å². The molecule has 7 nitrogen and oxygen atoms in total. The van der Waals surface area contributed by atoms with Crippen LogP contribution in [-0.2, 0) is 0 Å². The fraction of sp³-hybridized carbons (Fsp3) is 0.375. The summed E-state index contributed by atoms with van der Waals surface area (Å²) in [6.45, 7) is 1.71. The fourth-order valence-corrected chi connectivity index (χ4v) is 3.43. The van der Waals surface area contributed by atoms with Crippen LogP contribution in [0.4, 0.5) is 17.2 Å². The van der Waals surface area contributed by atoms with E-state index in [4.69, 9.17) is 11.6 Å². The zero-order chi connectivity index (χ0) is 17.1. The van der Waals surface area contributed by atoms with Crippen LogP contribution in [0.5, 0.6) is 0 Å². The Kier molecular flexibility index (Phi) is 4.80. The van der Waals surface area contributed by atoms with Crippen molar-refractivity contribution in [1.29, 1.82) is 0 Å². The highest BCUT2D eigenvalue weighted by Crippen LogP contribution is 2.31. The first-order valence-electron chi connectivity index (χ1n) is 7.75. The molecule has 0 aliphatic carbocycles. The fourth-order valence-electron chi connectivity index (χ4n) is 3.11. The Balaban J connectivity index is 1.74. The molecule has 24 heavy (non-hydrogen) atoms. The average molecular weight is 348 g/mol. The number of non-ortho nitro benzene ring substituents is 1. The summed E-state index contributed by atoms with van der Waals surface area (Å²) < 4.78 is 0. The first kappa shape index (κ1) is 16.4. The Hall–Kier alpha value is -2.41. The number of nitro groups is 1. The zero-order valence-electron chi connectivity index (χ0n) is 13.3. The van der Waals surface area contributed by atoms with E-state index in [0.29, 0.717) is 11.1 Å². The van der Waals surface area contributed by atoms with Gasteiger partial charge in [-0.15, -0.1) is 5.10 Å². The summed E-state index contributed by atoms with van der Waals surface area (Å²) in [5.74, 6) is 0.878. The second kappa shape index (κ2) is 7.00. The summed E-state index contributed by atoms with van der Waals surface area (Å²) in [6.07, 6.45) is 3.83. The molecule has 0 saturated carbocycles. The summed E-state index contributed by atoms with van der Waals surface area (Å²) in [6, 6.07) is 8.72. The molecule has 1 aliphatic rings. The standard InChI is InChI=1S/C16H18ClN5O2/c1-20(15-7-6-12(22(23)24)10-14(15)17)11-13-4-3-9-21(13)16-5-2-8-18-19-16/h2,5-8,10,13H,3-4,9,11H2,1H3. The molecule has 0 spiro atoms. The van der Waals surface area contributed by atoms with Crippen LogP contribution >= 0.6 is 11.6 Å². The van der Waals surface area contributed by atoms with E-state index in [9.17, 15) is 10.1 Å². The Labute approximate surface area is 145 Å². The van der Waals surface area contributed by atoms with E-state index < -0.39 is 4.92 Å². The summed E-state index contributed by atoms with van der Waals surface area (Å²) in [5, 5.41) is 19.4. The number of nitrogens with zero attached hydrogens (tertiary/aromatic N) is 5. The highest BCUT2D eigenvalue weighted by Gasteiger charge is 2.27. The molecule has 1 unspecified atom stereocenters. The summed E-state index contributed by atoms with van der Waals surface area (Å²) in [4.78, 5) is 14.7. The molecule has 2 aromatic rings. The highest BCUT2D eigenvalue weighted by molar-refractivity contribution is 6.33. The van der Waals surface area contributed by atoms with Crippen molar-refractivity contribution in [2.75, 3.05) is 29.9 Å². The minimum absolute atomic E-state index is 0.000738. The van der Waals surface area contributed by atoms with Crippen LogP contribution in [0.2, 0.25) is 5.02 Å². The van der Waals surface area contributed by atoms with E-state index in [1.54, 1.807) is 12.3 Å². The van der Waals surface area contributed by atoms with Gasteiger partial charge in [-0.05, 0) is 31.0 Å². The number of nitro benzene ring substituents is 1. The molecule has 0 amide bonds. The van der Waals surface area contributed by atoms with Crippen molar-refractivity contribution in [2.45, 2.75) is 18.9 Å². The van der Waals surface area contributed by atoms with Gasteiger partial charge in [0.2, 0.25) is 0 Å². The molecule has 0 radical (unpaired) electrons. The van der Waals surface area contributed by atoms with Gasteiger partial charge in [-0.2, -0.15) is 5.10 Å². The molecule has 1 fully saturated rings.